The van der Waals surface area contributed by atoms with Gasteiger partial charge >= 0.3 is 5.97 Å². The fraction of sp³-hybridized carbons (Fsp3) is 0. The summed E-state index contributed by atoms with van der Waals surface area (Å²) in [5.41, 5.74) is -0.0183. The summed E-state index contributed by atoms with van der Waals surface area (Å²) in [7, 11) is 0. The standard InChI is InChI=1S/C12H7BrFNO3/c13-6-1-2-9(14)7(3-6)10-4-8(12(17)18)11(16)5-15-10/h1-5,16H,(H,17,18). The number of pyridine rings is 1. The Kier molecular flexibility index (Phi) is 3.29. The van der Waals surface area contributed by atoms with Gasteiger partial charge in [-0.3, -0.25) is 4.98 Å². The lowest BCUT2D eigenvalue weighted by atomic mass is 10.1. The van der Waals surface area contributed by atoms with Gasteiger partial charge in [-0.05, 0) is 24.3 Å². The number of halogens is 2. The number of benzene rings is 1. The molecule has 0 radical (unpaired) electrons. The lowest BCUT2D eigenvalue weighted by Crippen LogP contribution is -1.99. The first-order chi connectivity index (χ1) is 8.49. The van der Waals surface area contributed by atoms with Gasteiger partial charge in [-0.2, -0.15) is 0 Å². The highest BCUT2D eigenvalue weighted by Gasteiger charge is 2.14. The summed E-state index contributed by atoms with van der Waals surface area (Å²) in [6.45, 7) is 0. The van der Waals surface area contributed by atoms with Gasteiger partial charge in [0.2, 0.25) is 0 Å². The fourth-order valence-electron chi connectivity index (χ4n) is 1.46. The highest BCUT2D eigenvalue weighted by Crippen LogP contribution is 2.27. The van der Waals surface area contributed by atoms with Gasteiger partial charge in [-0.25, -0.2) is 9.18 Å². The molecule has 2 aromatic rings. The van der Waals surface area contributed by atoms with E-state index in [1.165, 1.54) is 18.2 Å². The van der Waals surface area contributed by atoms with Crippen LogP contribution >= 0.6 is 15.9 Å². The second-order valence-electron chi connectivity index (χ2n) is 3.52. The van der Waals surface area contributed by atoms with Crippen molar-refractivity contribution in [1.29, 1.82) is 0 Å². The van der Waals surface area contributed by atoms with Crippen LogP contribution < -0.4 is 0 Å². The molecule has 1 heterocycles. The molecular weight excluding hydrogens is 305 g/mol. The molecule has 0 aliphatic rings. The normalized spacial score (nSPS) is 10.3. The van der Waals surface area contributed by atoms with Gasteiger partial charge in [0.15, 0.2) is 0 Å². The van der Waals surface area contributed by atoms with E-state index in [2.05, 4.69) is 20.9 Å². The molecule has 0 fully saturated rings. The molecule has 2 N–H and O–H groups in total. The molecule has 4 nitrogen and oxygen atoms in total. The van der Waals surface area contributed by atoms with Crippen LogP contribution in [0.15, 0.2) is 34.9 Å². The number of aromatic carboxylic acids is 1. The van der Waals surface area contributed by atoms with Gasteiger partial charge in [0.05, 0.1) is 11.9 Å². The first-order valence-electron chi connectivity index (χ1n) is 4.87. The van der Waals surface area contributed by atoms with Crippen LogP contribution in [-0.2, 0) is 0 Å². The number of nitrogens with zero attached hydrogens (tertiary/aromatic N) is 1. The van der Waals surface area contributed by atoms with E-state index in [9.17, 15) is 14.3 Å². The second-order valence-corrected chi connectivity index (χ2v) is 4.43. The zero-order valence-corrected chi connectivity index (χ0v) is 10.5. The van der Waals surface area contributed by atoms with E-state index >= 15 is 0 Å². The van der Waals surface area contributed by atoms with E-state index < -0.39 is 17.5 Å². The fourth-order valence-corrected chi connectivity index (χ4v) is 1.82. The average Bonchev–Trinajstić information content (AvgIpc) is 2.33. The van der Waals surface area contributed by atoms with Gasteiger partial charge in [0, 0.05) is 10.0 Å². The average molecular weight is 312 g/mol. The van der Waals surface area contributed by atoms with Crippen molar-refractivity contribution < 1.29 is 19.4 Å². The highest BCUT2D eigenvalue weighted by atomic mass is 79.9. The molecule has 92 valence electrons. The first kappa shape index (κ1) is 12.5. The molecule has 2 rings (SSSR count). The van der Waals surface area contributed by atoms with Crippen molar-refractivity contribution in [2.24, 2.45) is 0 Å². The minimum atomic E-state index is -1.30. The number of carboxylic acid groups (broad SMARTS) is 1. The third kappa shape index (κ3) is 2.33. The quantitative estimate of drug-likeness (QED) is 0.894. The van der Waals surface area contributed by atoms with Crippen LogP contribution in [0.2, 0.25) is 0 Å². The summed E-state index contributed by atoms with van der Waals surface area (Å²) in [4.78, 5) is 14.7. The van der Waals surface area contributed by atoms with Crippen LogP contribution in [0.1, 0.15) is 10.4 Å². The molecule has 0 amide bonds. The van der Waals surface area contributed by atoms with Gasteiger partial charge in [0.1, 0.15) is 17.1 Å². The topological polar surface area (TPSA) is 70.4 Å². The molecule has 0 atom stereocenters. The Balaban J connectivity index is 2.61. The maximum absolute atomic E-state index is 13.6. The van der Waals surface area contributed by atoms with E-state index in [-0.39, 0.29) is 16.8 Å². The smallest absolute Gasteiger partial charge is 0.339 e. The summed E-state index contributed by atoms with van der Waals surface area (Å²) < 4.78 is 14.3. The zero-order chi connectivity index (χ0) is 13.3. The van der Waals surface area contributed by atoms with Gasteiger partial charge in [-0.15, -0.1) is 0 Å². The Morgan fingerprint density at radius 2 is 2.06 bits per heavy atom. The second kappa shape index (κ2) is 4.73. The zero-order valence-electron chi connectivity index (χ0n) is 8.89. The number of rotatable bonds is 2. The summed E-state index contributed by atoms with van der Waals surface area (Å²) >= 11 is 3.20. The van der Waals surface area contributed by atoms with Crippen LogP contribution in [0.5, 0.6) is 5.75 Å². The van der Waals surface area contributed by atoms with Crippen LogP contribution in [0.3, 0.4) is 0 Å². The molecule has 0 unspecified atom stereocenters. The molecule has 1 aromatic carbocycles. The molecule has 18 heavy (non-hydrogen) atoms. The Hall–Kier alpha value is -1.95. The predicted molar refractivity (Wildman–Crippen MR) is 66.0 cm³/mol. The lowest BCUT2D eigenvalue weighted by molar-refractivity contribution is 0.0693. The third-order valence-electron chi connectivity index (χ3n) is 2.32. The minimum absolute atomic E-state index is 0.143. The third-order valence-corrected chi connectivity index (χ3v) is 2.81. The number of carbonyl (C=O) groups is 1. The Bertz CT molecular complexity index is 631. The van der Waals surface area contributed by atoms with Crippen LogP contribution in [-0.4, -0.2) is 21.2 Å². The van der Waals surface area contributed by atoms with Crippen molar-refractivity contribution in [1.82, 2.24) is 4.98 Å². The van der Waals surface area contributed by atoms with Crippen molar-refractivity contribution in [2.45, 2.75) is 0 Å². The van der Waals surface area contributed by atoms with Crippen molar-refractivity contribution in [3.8, 4) is 17.0 Å². The number of hydrogen-bond donors (Lipinski definition) is 2. The summed E-state index contributed by atoms with van der Waals surface area (Å²) in [5.74, 6) is -2.28. The summed E-state index contributed by atoms with van der Waals surface area (Å²) in [6.07, 6.45) is 0.985. The largest absolute Gasteiger partial charge is 0.505 e. The van der Waals surface area contributed by atoms with E-state index in [0.717, 1.165) is 12.3 Å². The molecule has 0 bridgehead atoms. The summed E-state index contributed by atoms with van der Waals surface area (Å²) in [6, 6.07) is 5.38. The van der Waals surface area contributed by atoms with Crippen molar-refractivity contribution in [3.05, 3.63) is 46.3 Å². The molecular formula is C12H7BrFNO3. The molecule has 0 saturated heterocycles. The molecule has 1 aromatic heterocycles. The van der Waals surface area contributed by atoms with Crippen molar-refractivity contribution >= 4 is 21.9 Å². The van der Waals surface area contributed by atoms with Gasteiger partial charge in [-0.1, -0.05) is 15.9 Å². The van der Waals surface area contributed by atoms with Gasteiger partial charge < -0.3 is 10.2 Å². The van der Waals surface area contributed by atoms with Crippen molar-refractivity contribution in [3.63, 3.8) is 0 Å². The number of aromatic hydroxyl groups is 1. The number of aromatic nitrogens is 1. The predicted octanol–water partition coefficient (Wildman–Crippen LogP) is 3.05. The van der Waals surface area contributed by atoms with E-state index in [4.69, 9.17) is 5.11 Å². The van der Waals surface area contributed by atoms with Crippen LogP contribution in [0, 0.1) is 5.82 Å². The summed E-state index contributed by atoms with van der Waals surface area (Å²) in [5, 5.41) is 18.2. The van der Waals surface area contributed by atoms with Crippen LogP contribution in [0.4, 0.5) is 4.39 Å². The van der Waals surface area contributed by atoms with Crippen LogP contribution in [0.25, 0.3) is 11.3 Å². The first-order valence-corrected chi connectivity index (χ1v) is 5.66. The van der Waals surface area contributed by atoms with E-state index in [1.54, 1.807) is 0 Å². The van der Waals surface area contributed by atoms with Gasteiger partial charge in [0.25, 0.3) is 0 Å². The Morgan fingerprint density at radius 3 is 2.72 bits per heavy atom. The monoisotopic (exact) mass is 311 g/mol. The Labute approximate surface area is 110 Å². The lowest BCUT2D eigenvalue weighted by Gasteiger charge is -2.05. The van der Waals surface area contributed by atoms with E-state index in [1.807, 2.05) is 0 Å². The minimum Gasteiger partial charge on any atom is -0.505 e. The maximum Gasteiger partial charge on any atom is 0.339 e. The maximum atomic E-state index is 13.6. The number of carboxylic acids is 1. The molecule has 0 aliphatic carbocycles. The molecule has 6 heteroatoms. The van der Waals surface area contributed by atoms with E-state index in [0.29, 0.717) is 4.47 Å². The van der Waals surface area contributed by atoms with Crippen molar-refractivity contribution in [2.75, 3.05) is 0 Å². The molecule has 0 aliphatic heterocycles. The Morgan fingerprint density at radius 1 is 1.33 bits per heavy atom. The SMILES string of the molecule is O=C(O)c1cc(-c2cc(Br)ccc2F)ncc1O. The number of hydrogen-bond acceptors (Lipinski definition) is 3. The molecule has 0 spiro atoms. The molecule has 0 saturated carbocycles. The highest BCUT2D eigenvalue weighted by molar-refractivity contribution is 9.10.